The smallest absolute Gasteiger partial charge is 0.131 e. The van der Waals surface area contributed by atoms with Crippen LogP contribution < -0.4 is 5.32 Å². The van der Waals surface area contributed by atoms with Crippen molar-refractivity contribution in [3.05, 3.63) is 98.9 Å². The number of pyridine rings is 1. The summed E-state index contributed by atoms with van der Waals surface area (Å²) in [4.78, 5) is 6.07. The van der Waals surface area contributed by atoms with Crippen molar-refractivity contribution < 1.29 is 8.78 Å². The van der Waals surface area contributed by atoms with E-state index in [-0.39, 0.29) is 17.8 Å². The van der Waals surface area contributed by atoms with Gasteiger partial charge in [-0.25, -0.2) is 8.78 Å². The number of hydrogen-bond acceptors (Lipinski definition) is 3. The summed E-state index contributed by atoms with van der Waals surface area (Å²) >= 11 is 2.15. The van der Waals surface area contributed by atoms with Gasteiger partial charge in [-0.2, -0.15) is 0 Å². The van der Waals surface area contributed by atoms with Crippen LogP contribution in [0.15, 0.2) is 67.0 Å². The molecule has 0 spiro atoms. The van der Waals surface area contributed by atoms with E-state index >= 15 is 0 Å². The molecular formula is C21H16F2IN3. The molecule has 1 unspecified atom stereocenters. The number of nitrogens with zero attached hydrogens (tertiary/aromatic N) is 2. The molecule has 3 aromatic rings. The Morgan fingerprint density at radius 3 is 2.33 bits per heavy atom. The lowest BCUT2D eigenvalue weighted by molar-refractivity contribution is 0.343. The van der Waals surface area contributed by atoms with Crippen molar-refractivity contribution in [2.75, 3.05) is 7.05 Å². The number of benzene rings is 2. The molecule has 2 aromatic carbocycles. The maximum Gasteiger partial charge on any atom is 0.131 e. The highest BCUT2D eigenvalue weighted by Crippen LogP contribution is 2.40. The highest BCUT2D eigenvalue weighted by atomic mass is 127. The maximum atomic E-state index is 14.6. The van der Waals surface area contributed by atoms with Gasteiger partial charge in [0, 0.05) is 39.7 Å². The van der Waals surface area contributed by atoms with Crippen molar-refractivity contribution in [3.63, 3.8) is 0 Å². The van der Waals surface area contributed by atoms with Gasteiger partial charge in [0.25, 0.3) is 0 Å². The molecule has 1 atom stereocenters. The first-order valence-electron chi connectivity index (χ1n) is 8.40. The van der Waals surface area contributed by atoms with Crippen molar-refractivity contribution in [2.45, 2.75) is 6.17 Å². The Morgan fingerprint density at radius 1 is 0.963 bits per heavy atom. The summed E-state index contributed by atoms with van der Waals surface area (Å²) in [5.41, 5.74) is 4.11. The average molecular weight is 475 g/mol. The molecule has 3 nitrogen and oxygen atoms in total. The lowest BCUT2D eigenvalue weighted by Crippen LogP contribution is -2.27. The number of rotatable bonds is 3. The van der Waals surface area contributed by atoms with Gasteiger partial charge in [-0.15, -0.1) is 0 Å². The van der Waals surface area contributed by atoms with Gasteiger partial charge in [0.2, 0.25) is 0 Å². The minimum atomic E-state index is -0.374. The molecule has 0 amide bonds. The molecule has 0 saturated carbocycles. The molecule has 1 aliphatic rings. The Kier molecular flexibility index (Phi) is 4.82. The minimum Gasteiger partial charge on any atom is -0.359 e. The van der Waals surface area contributed by atoms with Gasteiger partial charge in [0.05, 0.1) is 11.4 Å². The summed E-state index contributed by atoms with van der Waals surface area (Å²) < 4.78 is 28.9. The van der Waals surface area contributed by atoms with E-state index in [1.165, 1.54) is 18.2 Å². The van der Waals surface area contributed by atoms with Crippen LogP contribution in [0, 0.1) is 15.2 Å². The van der Waals surface area contributed by atoms with Gasteiger partial charge in [-0.05, 0) is 71.1 Å². The molecule has 1 aromatic heterocycles. The Labute approximate surface area is 169 Å². The van der Waals surface area contributed by atoms with E-state index in [2.05, 4.69) is 32.9 Å². The highest BCUT2D eigenvalue weighted by molar-refractivity contribution is 14.1. The SMILES string of the molecule is CN1C(c2ccc(F)cc2)=C(c2ccncc2)NC1c1c(F)cccc1I. The summed E-state index contributed by atoms with van der Waals surface area (Å²) in [5.74, 6) is -0.556. The second-order valence-corrected chi connectivity index (χ2v) is 7.42. The van der Waals surface area contributed by atoms with Crippen LogP contribution in [-0.4, -0.2) is 16.9 Å². The maximum absolute atomic E-state index is 14.6. The molecule has 4 rings (SSSR count). The molecule has 0 bridgehead atoms. The van der Waals surface area contributed by atoms with E-state index in [0.717, 1.165) is 26.1 Å². The van der Waals surface area contributed by atoms with Crippen LogP contribution in [-0.2, 0) is 0 Å². The standard InChI is InChI=1S/C21H16F2IN3/c1-27-20(14-5-7-15(22)8-6-14)19(13-9-11-25-12-10-13)26-21(27)18-16(23)3-2-4-17(18)24/h2-12,21,26H,1H3. The molecule has 0 saturated heterocycles. The first-order valence-corrected chi connectivity index (χ1v) is 9.48. The monoisotopic (exact) mass is 475 g/mol. The fourth-order valence-corrected chi connectivity index (χ4v) is 4.10. The number of halogens is 3. The minimum absolute atomic E-state index is 0.263. The van der Waals surface area contributed by atoms with Gasteiger partial charge < -0.3 is 10.2 Å². The summed E-state index contributed by atoms with van der Waals surface area (Å²) in [5, 5.41) is 3.46. The molecule has 6 heteroatoms. The zero-order valence-corrected chi connectivity index (χ0v) is 16.6. The number of nitrogens with one attached hydrogen (secondary N) is 1. The number of aromatic nitrogens is 1. The molecule has 136 valence electrons. The predicted octanol–water partition coefficient (Wildman–Crippen LogP) is 5.02. The second kappa shape index (κ2) is 7.26. The molecule has 1 aliphatic heterocycles. The van der Waals surface area contributed by atoms with Gasteiger partial charge in [-0.3, -0.25) is 4.98 Å². The first-order chi connectivity index (χ1) is 13.1. The lowest BCUT2D eigenvalue weighted by Gasteiger charge is -2.26. The topological polar surface area (TPSA) is 28.2 Å². The third-order valence-corrected chi connectivity index (χ3v) is 5.56. The van der Waals surface area contributed by atoms with Gasteiger partial charge in [-0.1, -0.05) is 6.07 Å². The highest BCUT2D eigenvalue weighted by Gasteiger charge is 2.33. The van der Waals surface area contributed by atoms with Gasteiger partial charge >= 0.3 is 0 Å². The Bertz CT molecular complexity index is 983. The third kappa shape index (κ3) is 3.29. The van der Waals surface area contributed by atoms with E-state index in [4.69, 9.17) is 0 Å². The summed E-state index contributed by atoms with van der Waals surface area (Å²) in [6, 6.07) is 15.2. The van der Waals surface area contributed by atoms with Crippen LogP contribution in [0.2, 0.25) is 0 Å². The van der Waals surface area contributed by atoms with Crippen molar-refractivity contribution in [3.8, 4) is 0 Å². The van der Waals surface area contributed by atoms with Gasteiger partial charge in [0.1, 0.15) is 17.8 Å². The molecule has 1 N–H and O–H groups in total. The first kappa shape index (κ1) is 17.9. The Balaban J connectivity index is 1.86. The molecule has 0 radical (unpaired) electrons. The number of hydrogen-bond donors (Lipinski definition) is 1. The molecule has 0 fully saturated rings. The van der Waals surface area contributed by atoms with Crippen molar-refractivity contribution in [2.24, 2.45) is 0 Å². The zero-order chi connectivity index (χ0) is 19.0. The molecular weight excluding hydrogens is 459 g/mol. The van der Waals surface area contributed by atoms with Crippen LogP contribution in [0.1, 0.15) is 22.9 Å². The molecule has 2 heterocycles. The van der Waals surface area contributed by atoms with Crippen LogP contribution >= 0.6 is 22.6 Å². The van der Waals surface area contributed by atoms with Crippen LogP contribution in [0.25, 0.3) is 11.4 Å². The van der Waals surface area contributed by atoms with E-state index in [0.29, 0.717) is 5.56 Å². The summed E-state index contributed by atoms with van der Waals surface area (Å²) in [7, 11) is 1.91. The summed E-state index contributed by atoms with van der Waals surface area (Å²) in [6.07, 6.45) is 3.06. The quantitative estimate of drug-likeness (QED) is 0.540. The van der Waals surface area contributed by atoms with Crippen LogP contribution in [0.3, 0.4) is 0 Å². The predicted molar refractivity (Wildman–Crippen MR) is 110 cm³/mol. The van der Waals surface area contributed by atoms with Gasteiger partial charge in [0.15, 0.2) is 0 Å². The Hall–Kier alpha value is -2.48. The Morgan fingerprint density at radius 2 is 1.67 bits per heavy atom. The second-order valence-electron chi connectivity index (χ2n) is 6.26. The molecule has 0 aliphatic carbocycles. The van der Waals surface area contributed by atoms with Crippen molar-refractivity contribution in [1.82, 2.24) is 15.2 Å². The normalized spacial score (nSPS) is 16.6. The molecule has 27 heavy (non-hydrogen) atoms. The van der Waals surface area contributed by atoms with E-state index in [1.807, 2.05) is 30.1 Å². The average Bonchev–Trinajstić information content (AvgIpc) is 3.00. The third-order valence-electron chi connectivity index (χ3n) is 4.62. The van der Waals surface area contributed by atoms with Crippen molar-refractivity contribution in [1.29, 1.82) is 0 Å². The zero-order valence-electron chi connectivity index (χ0n) is 14.5. The van der Waals surface area contributed by atoms with Crippen molar-refractivity contribution >= 4 is 34.0 Å². The van der Waals surface area contributed by atoms with E-state index in [1.54, 1.807) is 30.6 Å². The van der Waals surface area contributed by atoms with E-state index < -0.39 is 0 Å². The summed E-state index contributed by atoms with van der Waals surface area (Å²) in [6.45, 7) is 0. The van der Waals surface area contributed by atoms with E-state index in [9.17, 15) is 8.78 Å². The van der Waals surface area contributed by atoms with Crippen LogP contribution in [0.4, 0.5) is 8.78 Å². The fraction of sp³-hybridized carbons (Fsp3) is 0.0952. The fourth-order valence-electron chi connectivity index (χ4n) is 3.34. The van der Waals surface area contributed by atoms with Crippen LogP contribution in [0.5, 0.6) is 0 Å². The lowest BCUT2D eigenvalue weighted by atomic mass is 10.1. The largest absolute Gasteiger partial charge is 0.359 e.